The molecule has 0 aromatic heterocycles. The number of nitrogens with one attached hydrogen (secondary N) is 1. The highest BCUT2D eigenvalue weighted by Gasteiger charge is 2.16. The fraction of sp³-hybridized carbons (Fsp3) is 0.167. The van der Waals surface area contributed by atoms with Gasteiger partial charge in [0.25, 0.3) is 5.91 Å². The van der Waals surface area contributed by atoms with Gasteiger partial charge in [0.1, 0.15) is 18.1 Å². The monoisotopic (exact) mass is 386 g/mol. The summed E-state index contributed by atoms with van der Waals surface area (Å²) in [6.07, 6.45) is -0.684. The van der Waals surface area contributed by atoms with Gasteiger partial charge in [-0.2, -0.15) is 5.26 Å². The first-order valence-electron chi connectivity index (χ1n) is 9.30. The SMILES string of the molecule is Cc1cc(OCc2ccccc2)ccc1NC(=O)C(C)Oc1ccc(C#N)cc1. The van der Waals surface area contributed by atoms with Crippen LogP contribution in [-0.4, -0.2) is 12.0 Å². The standard InChI is InChI=1S/C24H22N2O3/c1-17-14-22(28-16-20-6-4-3-5-7-20)12-13-23(17)26-24(27)18(2)29-21-10-8-19(15-25)9-11-21/h3-14,18H,16H2,1-2H3,(H,26,27). The summed E-state index contributed by atoms with van der Waals surface area (Å²) in [7, 11) is 0. The van der Waals surface area contributed by atoms with Crippen LogP contribution in [0.2, 0.25) is 0 Å². The maximum absolute atomic E-state index is 12.5. The Kier molecular flexibility index (Phi) is 6.49. The van der Waals surface area contributed by atoms with Gasteiger partial charge in [0.2, 0.25) is 0 Å². The summed E-state index contributed by atoms with van der Waals surface area (Å²) in [5.41, 5.74) is 3.24. The summed E-state index contributed by atoms with van der Waals surface area (Å²) in [5.74, 6) is 1.02. The minimum absolute atomic E-state index is 0.254. The zero-order valence-corrected chi connectivity index (χ0v) is 16.4. The number of amides is 1. The third kappa shape index (κ3) is 5.60. The van der Waals surface area contributed by atoms with Crippen LogP contribution in [0, 0.1) is 18.3 Å². The van der Waals surface area contributed by atoms with Crippen molar-refractivity contribution in [3.63, 3.8) is 0 Å². The van der Waals surface area contributed by atoms with Crippen molar-refractivity contribution in [2.75, 3.05) is 5.32 Å². The molecule has 29 heavy (non-hydrogen) atoms. The molecule has 0 saturated carbocycles. The number of aryl methyl sites for hydroxylation is 1. The largest absolute Gasteiger partial charge is 0.489 e. The molecule has 5 heteroatoms. The minimum Gasteiger partial charge on any atom is -0.489 e. The van der Waals surface area contributed by atoms with E-state index in [1.165, 1.54) is 0 Å². The highest BCUT2D eigenvalue weighted by molar-refractivity contribution is 5.94. The summed E-state index contributed by atoms with van der Waals surface area (Å²) < 4.78 is 11.5. The lowest BCUT2D eigenvalue weighted by atomic mass is 10.2. The molecule has 3 rings (SSSR count). The predicted octanol–water partition coefficient (Wildman–Crippen LogP) is 4.85. The molecule has 0 aliphatic heterocycles. The molecule has 0 aliphatic carbocycles. The Hall–Kier alpha value is -3.78. The van der Waals surface area contributed by atoms with Crippen LogP contribution < -0.4 is 14.8 Å². The molecule has 0 fully saturated rings. The normalized spacial score (nSPS) is 11.2. The first kappa shape index (κ1) is 20.0. The fourth-order valence-electron chi connectivity index (χ4n) is 2.71. The van der Waals surface area contributed by atoms with E-state index in [1.54, 1.807) is 31.2 Å². The second-order valence-corrected chi connectivity index (χ2v) is 6.64. The number of ether oxygens (including phenoxy) is 2. The van der Waals surface area contributed by atoms with Crippen molar-refractivity contribution >= 4 is 11.6 Å². The number of nitrogens with zero attached hydrogens (tertiary/aromatic N) is 1. The van der Waals surface area contributed by atoms with E-state index in [0.29, 0.717) is 23.6 Å². The minimum atomic E-state index is -0.684. The average molecular weight is 386 g/mol. The molecule has 0 saturated heterocycles. The van der Waals surface area contributed by atoms with E-state index < -0.39 is 6.10 Å². The molecule has 1 atom stereocenters. The zero-order valence-electron chi connectivity index (χ0n) is 16.4. The van der Waals surface area contributed by atoms with Gasteiger partial charge in [0, 0.05) is 5.69 Å². The maximum atomic E-state index is 12.5. The van der Waals surface area contributed by atoms with Gasteiger partial charge in [-0.15, -0.1) is 0 Å². The number of carbonyl (C=O) groups is 1. The van der Waals surface area contributed by atoms with Crippen LogP contribution in [0.4, 0.5) is 5.69 Å². The fourth-order valence-corrected chi connectivity index (χ4v) is 2.71. The van der Waals surface area contributed by atoms with E-state index in [4.69, 9.17) is 14.7 Å². The second-order valence-electron chi connectivity index (χ2n) is 6.64. The highest BCUT2D eigenvalue weighted by Crippen LogP contribution is 2.23. The summed E-state index contributed by atoms with van der Waals surface area (Å²) in [6, 6.07) is 24.2. The molecular formula is C24H22N2O3. The third-order valence-corrected chi connectivity index (χ3v) is 4.37. The van der Waals surface area contributed by atoms with Crippen LogP contribution in [0.25, 0.3) is 0 Å². The highest BCUT2D eigenvalue weighted by atomic mass is 16.5. The molecule has 3 aromatic carbocycles. The Labute approximate surface area is 170 Å². The van der Waals surface area contributed by atoms with Crippen molar-refractivity contribution in [1.29, 1.82) is 5.26 Å². The maximum Gasteiger partial charge on any atom is 0.265 e. The van der Waals surface area contributed by atoms with E-state index in [9.17, 15) is 4.79 Å². The number of rotatable bonds is 7. The van der Waals surface area contributed by atoms with Crippen molar-refractivity contribution in [2.24, 2.45) is 0 Å². The van der Waals surface area contributed by atoms with Crippen LogP contribution in [0.1, 0.15) is 23.6 Å². The lowest BCUT2D eigenvalue weighted by molar-refractivity contribution is -0.122. The molecule has 3 aromatic rings. The van der Waals surface area contributed by atoms with Crippen LogP contribution in [0.15, 0.2) is 72.8 Å². The molecule has 0 radical (unpaired) electrons. The van der Waals surface area contributed by atoms with Crippen molar-refractivity contribution < 1.29 is 14.3 Å². The number of carbonyl (C=O) groups excluding carboxylic acids is 1. The number of nitriles is 1. The molecule has 1 unspecified atom stereocenters. The lowest BCUT2D eigenvalue weighted by Crippen LogP contribution is -2.30. The first-order chi connectivity index (χ1) is 14.0. The van der Waals surface area contributed by atoms with Gasteiger partial charge in [-0.1, -0.05) is 30.3 Å². The van der Waals surface area contributed by atoms with Gasteiger partial charge in [-0.25, -0.2) is 0 Å². The summed E-state index contributed by atoms with van der Waals surface area (Å²) in [6.45, 7) is 4.08. The van der Waals surface area contributed by atoms with Crippen LogP contribution >= 0.6 is 0 Å². The Morgan fingerprint density at radius 3 is 2.38 bits per heavy atom. The van der Waals surface area contributed by atoms with E-state index in [2.05, 4.69) is 5.32 Å². The van der Waals surface area contributed by atoms with Crippen LogP contribution in [-0.2, 0) is 11.4 Å². The summed E-state index contributed by atoms with van der Waals surface area (Å²) >= 11 is 0. The molecule has 1 amide bonds. The van der Waals surface area contributed by atoms with Gasteiger partial charge in [-0.05, 0) is 67.4 Å². The molecule has 0 spiro atoms. The first-order valence-corrected chi connectivity index (χ1v) is 9.30. The van der Waals surface area contributed by atoms with Crippen LogP contribution in [0.3, 0.4) is 0 Å². The smallest absolute Gasteiger partial charge is 0.265 e. The zero-order chi connectivity index (χ0) is 20.6. The molecule has 0 heterocycles. The van der Waals surface area contributed by atoms with E-state index in [-0.39, 0.29) is 5.91 Å². The van der Waals surface area contributed by atoms with Gasteiger partial charge in [0.05, 0.1) is 11.6 Å². The van der Waals surface area contributed by atoms with E-state index in [0.717, 1.165) is 16.9 Å². The van der Waals surface area contributed by atoms with Crippen molar-refractivity contribution in [2.45, 2.75) is 26.6 Å². The number of benzene rings is 3. The Morgan fingerprint density at radius 1 is 1.03 bits per heavy atom. The Balaban J connectivity index is 1.57. The van der Waals surface area contributed by atoms with Crippen LogP contribution in [0.5, 0.6) is 11.5 Å². The molecule has 1 N–H and O–H groups in total. The van der Waals surface area contributed by atoms with E-state index >= 15 is 0 Å². The molecule has 0 bridgehead atoms. The molecular weight excluding hydrogens is 364 g/mol. The van der Waals surface area contributed by atoms with Crippen molar-refractivity contribution in [3.8, 4) is 17.6 Å². The lowest BCUT2D eigenvalue weighted by Gasteiger charge is -2.16. The molecule has 146 valence electrons. The van der Waals surface area contributed by atoms with Crippen molar-refractivity contribution in [3.05, 3.63) is 89.5 Å². The number of hydrogen-bond donors (Lipinski definition) is 1. The summed E-state index contributed by atoms with van der Waals surface area (Å²) in [4.78, 5) is 12.5. The van der Waals surface area contributed by atoms with Gasteiger partial charge < -0.3 is 14.8 Å². The number of anilines is 1. The topological polar surface area (TPSA) is 71.3 Å². The molecule has 0 aliphatic rings. The van der Waals surface area contributed by atoms with Gasteiger partial charge >= 0.3 is 0 Å². The van der Waals surface area contributed by atoms with E-state index in [1.807, 2.05) is 61.5 Å². The Morgan fingerprint density at radius 2 is 1.72 bits per heavy atom. The predicted molar refractivity (Wildman–Crippen MR) is 112 cm³/mol. The summed E-state index contributed by atoms with van der Waals surface area (Å²) in [5, 5.41) is 11.7. The number of hydrogen-bond acceptors (Lipinski definition) is 4. The second kappa shape index (κ2) is 9.43. The quantitative estimate of drug-likeness (QED) is 0.630. The van der Waals surface area contributed by atoms with Gasteiger partial charge in [0.15, 0.2) is 6.10 Å². The Bertz CT molecular complexity index is 1010. The van der Waals surface area contributed by atoms with Gasteiger partial charge in [-0.3, -0.25) is 4.79 Å². The molecule has 5 nitrogen and oxygen atoms in total. The average Bonchev–Trinajstić information content (AvgIpc) is 2.75. The third-order valence-electron chi connectivity index (χ3n) is 4.37. The van der Waals surface area contributed by atoms with Crippen molar-refractivity contribution in [1.82, 2.24) is 0 Å².